The van der Waals surface area contributed by atoms with E-state index in [1.54, 1.807) is 24.3 Å². The van der Waals surface area contributed by atoms with Gasteiger partial charge in [0.25, 0.3) is 0 Å². The molecule has 0 radical (unpaired) electrons. The molecule has 4 nitrogen and oxygen atoms in total. The van der Waals surface area contributed by atoms with Crippen LogP contribution in [0, 0.1) is 0 Å². The number of hydrogen-bond donors (Lipinski definition) is 1. The van der Waals surface area contributed by atoms with Gasteiger partial charge < -0.3 is 0 Å². The number of Topliss-reactive ketones (excluding diaryl/α,β-unsaturated/α-hetero) is 1. The molecule has 1 aliphatic carbocycles. The molecule has 2 aromatic rings. The molecule has 3 rings (SSSR count). The van der Waals surface area contributed by atoms with Gasteiger partial charge in [-0.05, 0) is 5.56 Å². The molecule has 0 amide bonds. The summed E-state index contributed by atoms with van der Waals surface area (Å²) in [6, 6.07) is 16.1. The molecule has 0 heterocycles. The molecular formula is C17H15NO3S. The fraction of sp³-hybridized carbons (Fsp3) is 0.118. The van der Waals surface area contributed by atoms with Crippen LogP contribution in [0.5, 0.6) is 0 Å². The van der Waals surface area contributed by atoms with Gasteiger partial charge in [0.2, 0.25) is 10.0 Å². The third-order valence-electron chi connectivity index (χ3n) is 3.56. The molecule has 0 aromatic heterocycles. The largest absolute Gasteiger partial charge is 0.294 e. The first-order chi connectivity index (χ1) is 10.6. The molecule has 0 atom stereocenters. The molecule has 0 fully saturated rings. The van der Waals surface area contributed by atoms with Crippen LogP contribution in [-0.4, -0.2) is 14.2 Å². The van der Waals surface area contributed by atoms with E-state index in [2.05, 4.69) is 4.72 Å². The van der Waals surface area contributed by atoms with E-state index in [9.17, 15) is 13.2 Å². The van der Waals surface area contributed by atoms with Gasteiger partial charge in [0.05, 0.1) is 4.91 Å². The van der Waals surface area contributed by atoms with E-state index < -0.39 is 10.0 Å². The minimum Gasteiger partial charge on any atom is -0.294 e. The number of ketones is 1. The van der Waals surface area contributed by atoms with Crippen LogP contribution in [0.25, 0.3) is 4.91 Å². The summed E-state index contributed by atoms with van der Waals surface area (Å²) in [7, 11) is -3.66. The summed E-state index contributed by atoms with van der Waals surface area (Å²) in [6.45, 7) is 0.219. The quantitative estimate of drug-likeness (QED) is 0.944. The lowest BCUT2D eigenvalue weighted by Gasteiger charge is -2.17. The van der Waals surface area contributed by atoms with Gasteiger partial charge >= 0.3 is 0 Å². The zero-order chi connectivity index (χ0) is 15.6. The fourth-order valence-corrected chi connectivity index (χ4v) is 3.74. The Labute approximate surface area is 129 Å². The minimum atomic E-state index is -3.66. The Balaban J connectivity index is 1.88. The molecule has 5 heteroatoms. The topological polar surface area (TPSA) is 63.2 Å². The number of carbonyl (C=O) groups excluding carboxylic acids is 1. The second-order valence-electron chi connectivity index (χ2n) is 5.05. The van der Waals surface area contributed by atoms with Gasteiger partial charge in [0.15, 0.2) is 5.78 Å². The van der Waals surface area contributed by atoms with E-state index in [-0.39, 0.29) is 23.7 Å². The van der Waals surface area contributed by atoms with E-state index in [1.807, 2.05) is 30.3 Å². The maximum atomic E-state index is 12.5. The first-order valence-corrected chi connectivity index (χ1v) is 8.42. The van der Waals surface area contributed by atoms with Crippen molar-refractivity contribution in [3.8, 4) is 0 Å². The summed E-state index contributed by atoms with van der Waals surface area (Å²) in [5, 5.41) is 0. The average molecular weight is 313 g/mol. The monoisotopic (exact) mass is 313 g/mol. The Kier molecular flexibility index (Phi) is 3.92. The van der Waals surface area contributed by atoms with E-state index in [0.29, 0.717) is 11.1 Å². The highest BCUT2D eigenvalue weighted by molar-refractivity contribution is 7.98. The van der Waals surface area contributed by atoms with Crippen LogP contribution < -0.4 is 4.72 Å². The number of rotatable bonds is 4. The van der Waals surface area contributed by atoms with Gasteiger partial charge in [-0.3, -0.25) is 4.79 Å². The van der Waals surface area contributed by atoms with Gasteiger partial charge in [-0.15, -0.1) is 0 Å². The number of hydrogen-bond acceptors (Lipinski definition) is 3. The molecule has 0 bridgehead atoms. The van der Waals surface area contributed by atoms with E-state index >= 15 is 0 Å². The maximum absolute atomic E-state index is 12.5. The van der Waals surface area contributed by atoms with Crippen molar-refractivity contribution in [2.45, 2.75) is 13.0 Å². The molecule has 2 aromatic carbocycles. The van der Waals surface area contributed by atoms with Gasteiger partial charge in [-0.1, -0.05) is 60.7 Å². The van der Waals surface area contributed by atoms with Crippen molar-refractivity contribution in [1.29, 1.82) is 0 Å². The number of nitrogens with one attached hydrogen (secondary N) is 1. The Hall–Kier alpha value is -2.24. The molecule has 22 heavy (non-hydrogen) atoms. The molecule has 0 saturated carbocycles. The highest BCUT2D eigenvalue weighted by atomic mass is 32.2. The Morgan fingerprint density at radius 1 is 0.909 bits per heavy atom. The number of carbonyl (C=O) groups is 1. The Morgan fingerprint density at radius 2 is 1.55 bits per heavy atom. The first-order valence-electron chi connectivity index (χ1n) is 6.94. The Morgan fingerprint density at radius 3 is 2.27 bits per heavy atom. The highest BCUT2D eigenvalue weighted by Crippen LogP contribution is 2.29. The highest BCUT2D eigenvalue weighted by Gasteiger charge is 2.27. The zero-order valence-corrected chi connectivity index (χ0v) is 12.6. The molecule has 0 saturated heterocycles. The fourth-order valence-electron chi connectivity index (χ4n) is 2.45. The smallest absolute Gasteiger partial charge is 0.241 e. The zero-order valence-electron chi connectivity index (χ0n) is 11.8. The van der Waals surface area contributed by atoms with E-state index in [4.69, 9.17) is 0 Å². The SMILES string of the molecule is O=C1CC=C(S(=O)(=O)NCc2ccccc2)c2ccccc21. The van der Waals surface area contributed by atoms with Crippen LogP contribution in [0.3, 0.4) is 0 Å². The van der Waals surface area contributed by atoms with Gasteiger partial charge in [0, 0.05) is 24.1 Å². The molecule has 0 aliphatic heterocycles. The van der Waals surface area contributed by atoms with Gasteiger partial charge in [-0.25, -0.2) is 13.1 Å². The third kappa shape index (κ3) is 2.86. The van der Waals surface area contributed by atoms with Gasteiger partial charge in [-0.2, -0.15) is 0 Å². The number of allylic oxidation sites excluding steroid dienone is 1. The normalized spacial score (nSPS) is 14.4. The van der Waals surface area contributed by atoms with Crippen LogP contribution in [0.1, 0.15) is 27.9 Å². The van der Waals surface area contributed by atoms with Crippen LogP contribution in [0.15, 0.2) is 60.7 Å². The standard InChI is InChI=1S/C17H15NO3S/c19-16-10-11-17(15-9-5-4-8-14(15)16)22(20,21)18-12-13-6-2-1-3-7-13/h1-9,11,18H,10,12H2. The number of benzene rings is 2. The molecule has 1 N–H and O–H groups in total. The van der Waals surface area contributed by atoms with Crippen molar-refractivity contribution in [3.05, 3.63) is 77.4 Å². The lowest BCUT2D eigenvalue weighted by Crippen LogP contribution is -2.26. The number of fused-ring (bicyclic) bond motifs is 1. The first kappa shape index (κ1) is 14.7. The second kappa shape index (κ2) is 5.87. The predicted octanol–water partition coefficient (Wildman–Crippen LogP) is 2.73. The van der Waals surface area contributed by atoms with Crippen molar-refractivity contribution in [1.82, 2.24) is 4.72 Å². The van der Waals surface area contributed by atoms with Crippen molar-refractivity contribution in [3.63, 3.8) is 0 Å². The minimum absolute atomic E-state index is 0.0578. The molecular weight excluding hydrogens is 298 g/mol. The summed E-state index contributed by atoms with van der Waals surface area (Å²) in [5.41, 5.74) is 1.82. The van der Waals surface area contributed by atoms with Crippen molar-refractivity contribution in [2.24, 2.45) is 0 Å². The van der Waals surface area contributed by atoms with Gasteiger partial charge in [0.1, 0.15) is 0 Å². The van der Waals surface area contributed by atoms with Crippen LogP contribution >= 0.6 is 0 Å². The molecule has 112 valence electrons. The third-order valence-corrected chi connectivity index (χ3v) is 5.05. The summed E-state index contributed by atoms with van der Waals surface area (Å²) in [4.78, 5) is 12.1. The van der Waals surface area contributed by atoms with E-state index in [1.165, 1.54) is 6.08 Å². The van der Waals surface area contributed by atoms with Crippen molar-refractivity contribution < 1.29 is 13.2 Å². The lowest BCUT2D eigenvalue weighted by atomic mass is 9.96. The average Bonchev–Trinajstić information content (AvgIpc) is 2.54. The van der Waals surface area contributed by atoms with Crippen molar-refractivity contribution >= 4 is 20.7 Å². The predicted molar refractivity (Wildman–Crippen MR) is 85.6 cm³/mol. The summed E-state index contributed by atoms with van der Waals surface area (Å²) < 4.78 is 27.7. The molecule has 0 unspecified atom stereocenters. The molecule has 1 aliphatic rings. The van der Waals surface area contributed by atoms with Crippen LogP contribution in [0.2, 0.25) is 0 Å². The van der Waals surface area contributed by atoms with E-state index in [0.717, 1.165) is 5.56 Å². The lowest BCUT2D eigenvalue weighted by molar-refractivity contribution is 0.0994. The molecule has 0 spiro atoms. The summed E-state index contributed by atoms with van der Waals surface area (Å²) in [6.07, 6.45) is 1.59. The number of sulfonamides is 1. The maximum Gasteiger partial charge on any atom is 0.241 e. The van der Waals surface area contributed by atoms with Crippen LogP contribution in [0.4, 0.5) is 0 Å². The second-order valence-corrected chi connectivity index (χ2v) is 6.79. The van der Waals surface area contributed by atoms with Crippen molar-refractivity contribution in [2.75, 3.05) is 0 Å². The Bertz CT molecular complexity index is 839. The summed E-state index contributed by atoms with van der Waals surface area (Å²) >= 11 is 0. The van der Waals surface area contributed by atoms with Crippen LogP contribution in [-0.2, 0) is 16.6 Å². The summed E-state index contributed by atoms with van der Waals surface area (Å²) in [5.74, 6) is -0.0578.